The lowest BCUT2D eigenvalue weighted by Crippen LogP contribution is -2.19. The Labute approximate surface area is 194 Å². The van der Waals surface area contributed by atoms with E-state index in [9.17, 15) is 9.59 Å². The van der Waals surface area contributed by atoms with E-state index in [4.69, 9.17) is 0 Å². The van der Waals surface area contributed by atoms with Gasteiger partial charge in [-0.25, -0.2) is 9.78 Å². The summed E-state index contributed by atoms with van der Waals surface area (Å²) >= 11 is 2.89. The fourth-order valence-electron chi connectivity index (χ4n) is 3.02. The Morgan fingerprint density at radius 3 is 2.34 bits per heavy atom. The molecule has 3 aromatic carbocycles. The smallest absolute Gasteiger partial charge is 0.323 e. The highest BCUT2D eigenvalue weighted by molar-refractivity contribution is 8.01. The number of amides is 3. The van der Waals surface area contributed by atoms with E-state index in [1.165, 1.54) is 23.1 Å². The van der Waals surface area contributed by atoms with Gasteiger partial charge in [-0.3, -0.25) is 4.79 Å². The zero-order chi connectivity index (χ0) is 22.5. The van der Waals surface area contributed by atoms with Crippen LogP contribution in [0.4, 0.5) is 21.9 Å². The third kappa shape index (κ3) is 5.87. The summed E-state index contributed by atoms with van der Waals surface area (Å²) in [6, 6.07) is 20.6. The first-order valence-electron chi connectivity index (χ1n) is 9.99. The van der Waals surface area contributed by atoms with Crippen molar-refractivity contribution >= 4 is 62.3 Å². The lowest BCUT2D eigenvalue weighted by molar-refractivity contribution is -0.113. The molecule has 162 valence electrons. The van der Waals surface area contributed by atoms with E-state index in [1.807, 2.05) is 80.6 Å². The number of nitrogens with zero attached hydrogens (tertiary/aromatic N) is 1. The monoisotopic (exact) mass is 462 g/mol. The number of benzene rings is 3. The summed E-state index contributed by atoms with van der Waals surface area (Å²) in [4.78, 5) is 29.1. The number of thioether (sulfide) groups is 1. The molecule has 3 amide bonds. The second-order valence-electron chi connectivity index (χ2n) is 7.31. The van der Waals surface area contributed by atoms with Crippen LogP contribution in [-0.2, 0) is 4.79 Å². The van der Waals surface area contributed by atoms with Gasteiger partial charge in [-0.15, -0.1) is 11.3 Å². The molecule has 4 rings (SSSR count). The molecule has 3 N–H and O–H groups in total. The largest absolute Gasteiger partial charge is 0.325 e. The summed E-state index contributed by atoms with van der Waals surface area (Å²) in [5, 5.41) is 8.57. The molecule has 1 aromatic heterocycles. The Hall–Kier alpha value is -3.36. The van der Waals surface area contributed by atoms with E-state index in [-0.39, 0.29) is 17.7 Å². The lowest BCUT2D eigenvalue weighted by atomic mass is 10.2. The van der Waals surface area contributed by atoms with E-state index in [2.05, 4.69) is 20.9 Å². The molecule has 0 aliphatic heterocycles. The Morgan fingerprint density at radius 1 is 0.844 bits per heavy atom. The maximum Gasteiger partial charge on any atom is 0.323 e. The third-order valence-electron chi connectivity index (χ3n) is 4.56. The minimum Gasteiger partial charge on any atom is -0.325 e. The van der Waals surface area contributed by atoms with Crippen LogP contribution in [0.1, 0.15) is 11.1 Å². The molecule has 6 nitrogen and oxygen atoms in total. The standard InChI is InChI=1S/C24H22N4O2S2/c1-15-6-8-17(9-7-15)26-23(30)27-19-10-11-20-21(13-19)32-24(28-20)31-14-22(29)25-18-5-3-4-16(2)12-18/h3-13H,14H2,1-2H3,(H,25,29)(H2,26,27,30). The molecule has 0 saturated heterocycles. The third-order valence-corrected chi connectivity index (χ3v) is 6.73. The van der Waals surface area contributed by atoms with Gasteiger partial charge >= 0.3 is 6.03 Å². The summed E-state index contributed by atoms with van der Waals surface area (Å²) in [6.45, 7) is 3.98. The van der Waals surface area contributed by atoms with Crippen LogP contribution in [0.2, 0.25) is 0 Å². The van der Waals surface area contributed by atoms with E-state index < -0.39 is 0 Å². The summed E-state index contributed by atoms with van der Waals surface area (Å²) in [5.74, 6) is 0.202. The fourth-order valence-corrected chi connectivity index (χ4v) is 4.93. The number of aromatic nitrogens is 1. The zero-order valence-electron chi connectivity index (χ0n) is 17.6. The van der Waals surface area contributed by atoms with Crippen molar-refractivity contribution in [2.24, 2.45) is 0 Å². The van der Waals surface area contributed by atoms with Gasteiger partial charge < -0.3 is 16.0 Å². The summed E-state index contributed by atoms with van der Waals surface area (Å²) in [5.41, 5.74) is 5.27. The lowest BCUT2D eigenvalue weighted by Gasteiger charge is -2.07. The molecular weight excluding hydrogens is 440 g/mol. The van der Waals surface area contributed by atoms with Gasteiger partial charge in [0, 0.05) is 17.1 Å². The number of nitrogens with one attached hydrogen (secondary N) is 3. The van der Waals surface area contributed by atoms with Crippen molar-refractivity contribution in [1.82, 2.24) is 4.98 Å². The molecule has 0 spiro atoms. The fraction of sp³-hybridized carbons (Fsp3) is 0.125. The van der Waals surface area contributed by atoms with Crippen LogP contribution in [0, 0.1) is 13.8 Å². The number of urea groups is 1. The maximum atomic E-state index is 12.3. The molecule has 0 bridgehead atoms. The van der Waals surface area contributed by atoms with Crippen molar-refractivity contribution < 1.29 is 9.59 Å². The molecule has 32 heavy (non-hydrogen) atoms. The van der Waals surface area contributed by atoms with Crippen LogP contribution in [0.5, 0.6) is 0 Å². The van der Waals surface area contributed by atoms with E-state index in [0.29, 0.717) is 5.69 Å². The van der Waals surface area contributed by atoms with Crippen LogP contribution in [-0.4, -0.2) is 22.7 Å². The molecule has 4 aromatic rings. The van der Waals surface area contributed by atoms with Crippen LogP contribution < -0.4 is 16.0 Å². The minimum absolute atomic E-state index is 0.0741. The van der Waals surface area contributed by atoms with Gasteiger partial charge in [0.25, 0.3) is 0 Å². The summed E-state index contributed by atoms with van der Waals surface area (Å²) in [7, 11) is 0. The number of hydrogen-bond acceptors (Lipinski definition) is 5. The number of carbonyl (C=O) groups is 2. The van der Waals surface area contributed by atoms with Crippen molar-refractivity contribution in [3.63, 3.8) is 0 Å². The normalized spacial score (nSPS) is 10.7. The van der Waals surface area contributed by atoms with Crippen LogP contribution >= 0.6 is 23.1 Å². The van der Waals surface area contributed by atoms with Gasteiger partial charge in [0.15, 0.2) is 4.34 Å². The van der Waals surface area contributed by atoms with Crippen molar-refractivity contribution in [1.29, 1.82) is 0 Å². The molecule has 0 aliphatic rings. The number of fused-ring (bicyclic) bond motifs is 1. The number of thiazole rings is 1. The highest BCUT2D eigenvalue weighted by atomic mass is 32.2. The van der Waals surface area contributed by atoms with E-state index in [1.54, 1.807) is 0 Å². The second-order valence-corrected chi connectivity index (χ2v) is 9.57. The van der Waals surface area contributed by atoms with Crippen LogP contribution in [0.25, 0.3) is 10.2 Å². The quantitative estimate of drug-likeness (QED) is 0.294. The first-order valence-corrected chi connectivity index (χ1v) is 11.8. The first-order chi connectivity index (χ1) is 15.4. The number of hydrogen-bond donors (Lipinski definition) is 3. The Morgan fingerprint density at radius 2 is 1.56 bits per heavy atom. The minimum atomic E-state index is -0.305. The molecule has 0 unspecified atom stereocenters. The molecule has 8 heteroatoms. The van der Waals surface area contributed by atoms with Gasteiger partial charge in [0.1, 0.15) is 0 Å². The highest BCUT2D eigenvalue weighted by Crippen LogP contribution is 2.31. The average molecular weight is 463 g/mol. The number of carbonyl (C=O) groups excluding carboxylic acids is 2. The van der Waals surface area contributed by atoms with Gasteiger partial charge in [0.05, 0.1) is 16.0 Å². The number of aryl methyl sites for hydroxylation is 2. The Bertz CT molecular complexity index is 1270. The second kappa shape index (κ2) is 9.84. The van der Waals surface area contributed by atoms with Gasteiger partial charge in [-0.1, -0.05) is 41.6 Å². The van der Waals surface area contributed by atoms with Gasteiger partial charge in [-0.05, 0) is 61.9 Å². The predicted molar refractivity (Wildman–Crippen MR) is 134 cm³/mol. The molecule has 0 fully saturated rings. The average Bonchev–Trinajstić information content (AvgIpc) is 3.16. The number of anilines is 3. The Kier molecular flexibility index (Phi) is 6.72. The number of rotatable bonds is 6. The maximum absolute atomic E-state index is 12.3. The molecule has 0 saturated carbocycles. The van der Waals surface area contributed by atoms with Crippen molar-refractivity contribution in [2.45, 2.75) is 18.2 Å². The highest BCUT2D eigenvalue weighted by Gasteiger charge is 2.10. The van der Waals surface area contributed by atoms with Crippen LogP contribution in [0.3, 0.4) is 0 Å². The summed E-state index contributed by atoms with van der Waals surface area (Å²) < 4.78 is 1.75. The van der Waals surface area contributed by atoms with E-state index >= 15 is 0 Å². The van der Waals surface area contributed by atoms with Crippen molar-refractivity contribution in [3.8, 4) is 0 Å². The molecule has 0 atom stereocenters. The molecule has 1 heterocycles. The Balaban J connectivity index is 1.34. The van der Waals surface area contributed by atoms with E-state index in [0.717, 1.165) is 37.1 Å². The molecule has 0 aliphatic carbocycles. The zero-order valence-corrected chi connectivity index (χ0v) is 19.3. The van der Waals surface area contributed by atoms with Crippen molar-refractivity contribution in [3.05, 3.63) is 77.9 Å². The van der Waals surface area contributed by atoms with Crippen LogP contribution in [0.15, 0.2) is 71.1 Å². The van der Waals surface area contributed by atoms with Crippen molar-refractivity contribution in [2.75, 3.05) is 21.7 Å². The SMILES string of the molecule is Cc1ccc(NC(=O)Nc2ccc3nc(SCC(=O)Nc4cccc(C)c4)sc3c2)cc1. The van der Waals surface area contributed by atoms with Gasteiger partial charge in [-0.2, -0.15) is 0 Å². The topological polar surface area (TPSA) is 83.1 Å². The summed E-state index contributed by atoms with van der Waals surface area (Å²) in [6.07, 6.45) is 0. The van der Waals surface area contributed by atoms with Gasteiger partial charge in [0.2, 0.25) is 5.91 Å². The molecular formula is C24H22N4O2S2. The first kappa shape index (κ1) is 21.9. The predicted octanol–water partition coefficient (Wildman–Crippen LogP) is 6.29. The molecule has 0 radical (unpaired) electrons.